The lowest BCUT2D eigenvalue weighted by Gasteiger charge is -2.09. The number of carbonyl (C=O) groups excluding carboxylic acids is 2. The number of amides is 2. The summed E-state index contributed by atoms with van der Waals surface area (Å²) in [5.74, 6) is -12.0. The number of hydrogen-bond acceptors (Lipinski definition) is 2. The van der Waals surface area contributed by atoms with E-state index >= 15 is 0 Å². The van der Waals surface area contributed by atoms with Crippen LogP contribution in [0.4, 0.5) is 37.7 Å². The van der Waals surface area contributed by atoms with Gasteiger partial charge in [-0.25, -0.2) is 26.3 Å². The van der Waals surface area contributed by atoms with Gasteiger partial charge in [0, 0.05) is 16.9 Å². The smallest absolute Gasteiger partial charge is 0.258 e. The summed E-state index contributed by atoms with van der Waals surface area (Å²) in [4.78, 5) is 24.1. The van der Waals surface area contributed by atoms with Gasteiger partial charge in [-0.1, -0.05) is 0 Å². The molecule has 2 N–H and O–H groups in total. The molecule has 3 rings (SSSR count). The van der Waals surface area contributed by atoms with Crippen LogP contribution >= 0.6 is 0 Å². The maximum atomic E-state index is 13.7. The van der Waals surface area contributed by atoms with Crippen LogP contribution in [0.25, 0.3) is 0 Å². The molecule has 0 unspecified atom stereocenters. The second kappa shape index (κ2) is 8.27. The summed E-state index contributed by atoms with van der Waals surface area (Å²) >= 11 is 0. The highest BCUT2D eigenvalue weighted by Crippen LogP contribution is 2.21. The third-order valence-electron chi connectivity index (χ3n) is 3.93. The van der Waals surface area contributed by atoms with Crippen molar-refractivity contribution < 1.29 is 35.9 Å². The number of carbonyl (C=O) groups is 2. The second-order valence-electron chi connectivity index (χ2n) is 5.96. The lowest BCUT2D eigenvalue weighted by atomic mass is 10.1. The van der Waals surface area contributed by atoms with E-state index in [0.717, 1.165) is 18.2 Å². The molecular weight excluding hydrogens is 414 g/mol. The Balaban J connectivity index is 1.71. The Hall–Kier alpha value is -3.82. The molecule has 0 spiro atoms. The standard InChI is InChI=1S/C20H10F6N2O2/c21-13-6-1-9(7-14(13)22)19(29)27-10-2-4-11(5-3-10)28-20(30)12-8-15(23)17(25)18(26)16(12)24/h1-8H,(H,27,29)(H,28,30). The van der Waals surface area contributed by atoms with Gasteiger partial charge in [-0.05, 0) is 48.5 Å². The number of rotatable bonds is 4. The fourth-order valence-electron chi connectivity index (χ4n) is 2.41. The largest absolute Gasteiger partial charge is 0.322 e. The fourth-order valence-corrected chi connectivity index (χ4v) is 2.41. The quantitative estimate of drug-likeness (QED) is 0.351. The highest BCUT2D eigenvalue weighted by atomic mass is 19.2. The minimum Gasteiger partial charge on any atom is -0.322 e. The molecule has 0 saturated heterocycles. The molecule has 30 heavy (non-hydrogen) atoms. The van der Waals surface area contributed by atoms with Gasteiger partial charge >= 0.3 is 0 Å². The number of benzene rings is 3. The summed E-state index contributed by atoms with van der Waals surface area (Å²) in [6.07, 6.45) is 0. The Kier molecular flexibility index (Phi) is 5.77. The predicted molar refractivity (Wildman–Crippen MR) is 95.0 cm³/mol. The van der Waals surface area contributed by atoms with Crippen LogP contribution in [0.3, 0.4) is 0 Å². The maximum absolute atomic E-state index is 13.7. The zero-order valence-electron chi connectivity index (χ0n) is 14.7. The van der Waals surface area contributed by atoms with Crippen molar-refractivity contribution in [3.63, 3.8) is 0 Å². The minimum absolute atomic E-state index is 0.0652. The van der Waals surface area contributed by atoms with Crippen LogP contribution in [0.5, 0.6) is 0 Å². The van der Waals surface area contributed by atoms with E-state index in [9.17, 15) is 35.9 Å². The van der Waals surface area contributed by atoms with Crippen molar-refractivity contribution in [2.75, 3.05) is 10.6 Å². The first-order chi connectivity index (χ1) is 14.2. The lowest BCUT2D eigenvalue weighted by Crippen LogP contribution is -2.16. The normalized spacial score (nSPS) is 10.6. The van der Waals surface area contributed by atoms with Crippen molar-refractivity contribution in [1.82, 2.24) is 0 Å². The fraction of sp³-hybridized carbons (Fsp3) is 0. The van der Waals surface area contributed by atoms with Gasteiger partial charge in [-0.15, -0.1) is 0 Å². The van der Waals surface area contributed by atoms with E-state index in [1.165, 1.54) is 24.3 Å². The molecule has 0 aliphatic rings. The van der Waals surface area contributed by atoms with Crippen LogP contribution in [0.15, 0.2) is 48.5 Å². The SMILES string of the molecule is O=C(Nc1ccc(NC(=O)c2cc(F)c(F)c(F)c2F)cc1)c1ccc(F)c(F)c1. The van der Waals surface area contributed by atoms with E-state index in [-0.39, 0.29) is 23.0 Å². The molecule has 0 aromatic heterocycles. The van der Waals surface area contributed by atoms with Crippen LogP contribution in [0, 0.1) is 34.9 Å². The van der Waals surface area contributed by atoms with Crippen molar-refractivity contribution in [3.8, 4) is 0 Å². The van der Waals surface area contributed by atoms with Crippen molar-refractivity contribution in [2.24, 2.45) is 0 Å². The third-order valence-corrected chi connectivity index (χ3v) is 3.93. The Morgan fingerprint density at radius 1 is 0.567 bits per heavy atom. The van der Waals surface area contributed by atoms with Gasteiger partial charge in [0.2, 0.25) is 0 Å². The average Bonchev–Trinajstić information content (AvgIpc) is 2.72. The van der Waals surface area contributed by atoms with Crippen molar-refractivity contribution in [2.45, 2.75) is 0 Å². The van der Waals surface area contributed by atoms with E-state index in [0.29, 0.717) is 0 Å². The van der Waals surface area contributed by atoms with Crippen molar-refractivity contribution >= 4 is 23.2 Å². The first kappa shape index (κ1) is 20.9. The van der Waals surface area contributed by atoms with Crippen LogP contribution in [-0.4, -0.2) is 11.8 Å². The molecule has 0 aliphatic heterocycles. The van der Waals surface area contributed by atoms with Crippen molar-refractivity contribution in [3.05, 3.63) is 94.6 Å². The molecule has 2 amide bonds. The molecular formula is C20H10F6N2O2. The first-order valence-electron chi connectivity index (χ1n) is 8.18. The minimum atomic E-state index is -2.12. The Bertz CT molecular complexity index is 1150. The van der Waals surface area contributed by atoms with E-state index in [2.05, 4.69) is 10.6 Å². The third kappa shape index (κ3) is 4.27. The molecule has 0 radical (unpaired) electrons. The van der Waals surface area contributed by atoms with Crippen LogP contribution in [0.1, 0.15) is 20.7 Å². The summed E-state index contributed by atoms with van der Waals surface area (Å²) in [5.41, 5.74) is -0.896. The summed E-state index contributed by atoms with van der Waals surface area (Å²) in [6, 6.07) is 7.99. The maximum Gasteiger partial charge on any atom is 0.258 e. The molecule has 10 heteroatoms. The molecule has 154 valence electrons. The van der Waals surface area contributed by atoms with Crippen LogP contribution in [0.2, 0.25) is 0 Å². The number of halogens is 6. The molecule has 3 aromatic carbocycles. The Labute approximate surface area is 165 Å². The molecule has 0 saturated carbocycles. The zero-order chi connectivity index (χ0) is 22.0. The summed E-state index contributed by atoms with van der Waals surface area (Å²) in [6.45, 7) is 0. The highest BCUT2D eigenvalue weighted by molar-refractivity contribution is 6.05. The monoisotopic (exact) mass is 424 g/mol. The van der Waals surface area contributed by atoms with Gasteiger partial charge in [0.25, 0.3) is 11.8 Å². The summed E-state index contributed by atoms with van der Waals surface area (Å²) in [5, 5.41) is 4.57. The Morgan fingerprint density at radius 2 is 1.13 bits per heavy atom. The molecule has 0 aliphatic carbocycles. The summed E-state index contributed by atoms with van der Waals surface area (Å²) < 4.78 is 79.3. The van der Waals surface area contributed by atoms with Gasteiger partial charge in [0.1, 0.15) is 0 Å². The number of nitrogens with one attached hydrogen (secondary N) is 2. The molecule has 4 nitrogen and oxygen atoms in total. The van der Waals surface area contributed by atoms with Gasteiger partial charge in [-0.2, -0.15) is 0 Å². The van der Waals surface area contributed by atoms with E-state index in [4.69, 9.17) is 0 Å². The highest BCUT2D eigenvalue weighted by Gasteiger charge is 2.23. The molecule has 0 atom stereocenters. The first-order valence-corrected chi connectivity index (χ1v) is 8.18. The van der Waals surface area contributed by atoms with Gasteiger partial charge < -0.3 is 10.6 Å². The van der Waals surface area contributed by atoms with Crippen LogP contribution < -0.4 is 10.6 Å². The number of hydrogen-bond donors (Lipinski definition) is 2. The van der Waals surface area contributed by atoms with Crippen LogP contribution in [-0.2, 0) is 0 Å². The van der Waals surface area contributed by atoms with Gasteiger partial charge in [0.05, 0.1) is 5.56 Å². The predicted octanol–water partition coefficient (Wildman–Crippen LogP) is 5.03. The molecule has 3 aromatic rings. The van der Waals surface area contributed by atoms with E-state index in [1.54, 1.807) is 0 Å². The topological polar surface area (TPSA) is 58.2 Å². The van der Waals surface area contributed by atoms with Gasteiger partial charge in [-0.3, -0.25) is 9.59 Å². The second-order valence-corrected chi connectivity index (χ2v) is 5.96. The van der Waals surface area contributed by atoms with E-state index < -0.39 is 52.3 Å². The number of anilines is 2. The lowest BCUT2D eigenvalue weighted by molar-refractivity contribution is 0.101. The molecule has 0 bridgehead atoms. The molecule has 0 heterocycles. The van der Waals surface area contributed by atoms with Crippen molar-refractivity contribution in [1.29, 1.82) is 0 Å². The molecule has 0 fully saturated rings. The van der Waals surface area contributed by atoms with E-state index in [1.807, 2.05) is 0 Å². The average molecular weight is 424 g/mol. The van der Waals surface area contributed by atoms with Gasteiger partial charge in [0.15, 0.2) is 34.9 Å². The zero-order valence-corrected chi connectivity index (χ0v) is 14.7. The Morgan fingerprint density at radius 3 is 1.70 bits per heavy atom. The summed E-state index contributed by atoms with van der Waals surface area (Å²) in [7, 11) is 0.